The van der Waals surface area contributed by atoms with Crippen LogP contribution in [0.5, 0.6) is 0 Å². The van der Waals surface area contributed by atoms with Gasteiger partial charge in [0.15, 0.2) is 0 Å². The lowest BCUT2D eigenvalue weighted by Crippen LogP contribution is -2.37. The molecule has 1 atom stereocenters. The lowest BCUT2D eigenvalue weighted by molar-refractivity contribution is -0.132. The number of nitrogens with one attached hydrogen (secondary N) is 1. The van der Waals surface area contributed by atoms with Crippen LogP contribution in [-0.4, -0.2) is 56.6 Å². The zero-order valence-corrected chi connectivity index (χ0v) is 19.6. The van der Waals surface area contributed by atoms with Gasteiger partial charge < -0.3 is 9.64 Å². The molecule has 2 aromatic carbocycles. The third kappa shape index (κ3) is 6.01. The van der Waals surface area contributed by atoms with Crippen LogP contribution in [0.2, 0.25) is 0 Å². The highest BCUT2D eigenvalue weighted by molar-refractivity contribution is 5.78. The monoisotopic (exact) mass is 467 g/mol. The molecule has 0 aliphatic carbocycles. The Kier molecular flexibility index (Phi) is 7.27. The fourth-order valence-corrected chi connectivity index (χ4v) is 4.45. The summed E-state index contributed by atoms with van der Waals surface area (Å²) in [5.41, 5.74) is 5.26. The normalized spacial score (nSPS) is 16.9. The third-order valence-electron chi connectivity index (χ3n) is 6.20. The number of ether oxygens (including phenoxy) is 1. The maximum Gasteiger partial charge on any atom is 0.237 e. The second kappa shape index (κ2) is 11.1. The fourth-order valence-electron chi connectivity index (χ4n) is 4.45. The van der Waals surface area contributed by atoms with Gasteiger partial charge in [-0.2, -0.15) is 5.10 Å². The summed E-state index contributed by atoms with van der Waals surface area (Å²) >= 11 is 0. The van der Waals surface area contributed by atoms with E-state index < -0.39 is 0 Å². The summed E-state index contributed by atoms with van der Waals surface area (Å²) < 4.78 is 6.35. The van der Waals surface area contributed by atoms with Gasteiger partial charge >= 0.3 is 0 Å². The first kappa shape index (κ1) is 23.0. The van der Waals surface area contributed by atoms with Crippen molar-refractivity contribution in [2.45, 2.75) is 25.8 Å². The predicted octanol–water partition coefficient (Wildman–Crippen LogP) is 3.90. The average molecular weight is 468 g/mol. The first-order chi connectivity index (χ1) is 17.2. The standard InChI is InChI=1S/C28H29N5O2/c34-27-20-32(17-25-15-30-31-28(25)24-11-5-2-6-12-24)18-26(35-21-22-8-3-1-4-9-22)19-33(27)16-23-10-7-13-29-14-23/h1-15,26H,16-21H2,(H,30,31)/t26-/m0/s1. The number of hydrogen-bond donors (Lipinski definition) is 1. The first-order valence-corrected chi connectivity index (χ1v) is 11.9. The van der Waals surface area contributed by atoms with E-state index in [0.29, 0.717) is 39.3 Å². The molecule has 7 heteroatoms. The van der Waals surface area contributed by atoms with Gasteiger partial charge in [-0.3, -0.25) is 19.8 Å². The van der Waals surface area contributed by atoms with Crippen LogP contribution in [0.25, 0.3) is 11.3 Å². The molecule has 0 saturated carbocycles. The minimum Gasteiger partial charge on any atom is -0.370 e. The van der Waals surface area contributed by atoms with E-state index >= 15 is 0 Å². The van der Waals surface area contributed by atoms with Gasteiger partial charge in [0.25, 0.3) is 0 Å². The van der Waals surface area contributed by atoms with Crippen LogP contribution < -0.4 is 0 Å². The molecule has 0 radical (unpaired) electrons. The number of H-pyrrole nitrogens is 1. The number of hydrogen-bond acceptors (Lipinski definition) is 5. The topological polar surface area (TPSA) is 74.3 Å². The summed E-state index contributed by atoms with van der Waals surface area (Å²) in [4.78, 5) is 21.6. The summed E-state index contributed by atoms with van der Waals surface area (Å²) in [6.07, 6.45) is 5.29. The van der Waals surface area contributed by atoms with E-state index in [2.05, 4.69) is 44.3 Å². The van der Waals surface area contributed by atoms with Crippen LogP contribution in [0.4, 0.5) is 0 Å². The minimum atomic E-state index is -0.120. The molecule has 2 aromatic heterocycles. The third-order valence-corrected chi connectivity index (χ3v) is 6.20. The molecule has 1 N–H and O–H groups in total. The molecule has 1 fully saturated rings. The van der Waals surface area contributed by atoms with Crippen molar-refractivity contribution in [1.82, 2.24) is 25.0 Å². The van der Waals surface area contributed by atoms with Crippen LogP contribution in [0.15, 0.2) is 91.4 Å². The van der Waals surface area contributed by atoms with Crippen molar-refractivity contribution in [2.75, 3.05) is 19.6 Å². The number of aromatic amines is 1. The molecule has 1 saturated heterocycles. The lowest BCUT2D eigenvalue weighted by atomic mass is 10.1. The molecule has 1 amide bonds. The molecule has 1 aliphatic heterocycles. The lowest BCUT2D eigenvalue weighted by Gasteiger charge is -2.25. The molecule has 1 aliphatic rings. The van der Waals surface area contributed by atoms with Gasteiger partial charge in [0.05, 0.1) is 31.1 Å². The Hall–Kier alpha value is -3.81. The SMILES string of the molecule is O=C1CN(Cc2cn[nH]c2-c2ccccc2)C[C@H](OCc2ccccc2)CN1Cc1cccnc1. The highest BCUT2D eigenvalue weighted by atomic mass is 16.5. The van der Waals surface area contributed by atoms with Crippen molar-refractivity contribution in [3.05, 3.63) is 108 Å². The van der Waals surface area contributed by atoms with E-state index in [1.165, 1.54) is 0 Å². The maximum atomic E-state index is 13.3. The quantitative estimate of drug-likeness (QED) is 0.425. The summed E-state index contributed by atoms with van der Waals surface area (Å²) in [5, 5.41) is 7.41. The Labute approximate surface area is 205 Å². The molecular weight excluding hydrogens is 438 g/mol. The Morgan fingerprint density at radius 1 is 0.886 bits per heavy atom. The Morgan fingerprint density at radius 3 is 2.43 bits per heavy atom. The number of carbonyl (C=O) groups excluding carboxylic acids is 1. The van der Waals surface area contributed by atoms with Crippen molar-refractivity contribution in [3.63, 3.8) is 0 Å². The smallest absolute Gasteiger partial charge is 0.237 e. The zero-order valence-electron chi connectivity index (χ0n) is 19.6. The van der Waals surface area contributed by atoms with Gasteiger partial charge in [-0.25, -0.2) is 0 Å². The summed E-state index contributed by atoms with van der Waals surface area (Å²) in [7, 11) is 0. The number of rotatable bonds is 8. The molecule has 4 aromatic rings. The van der Waals surface area contributed by atoms with Crippen LogP contribution in [0.1, 0.15) is 16.7 Å². The van der Waals surface area contributed by atoms with Crippen molar-refractivity contribution in [2.24, 2.45) is 0 Å². The largest absolute Gasteiger partial charge is 0.370 e. The molecule has 35 heavy (non-hydrogen) atoms. The molecule has 0 unspecified atom stereocenters. The molecule has 3 heterocycles. The van der Waals surface area contributed by atoms with Gasteiger partial charge in [0.1, 0.15) is 0 Å². The highest BCUT2D eigenvalue weighted by Crippen LogP contribution is 2.23. The van der Waals surface area contributed by atoms with E-state index in [4.69, 9.17) is 4.74 Å². The van der Waals surface area contributed by atoms with Crippen molar-refractivity contribution < 1.29 is 9.53 Å². The summed E-state index contributed by atoms with van der Waals surface area (Å²) in [6.45, 7) is 3.15. The predicted molar refractivity (Wildman–Crippen MR) is 134 cm³/mol. The van der Waals surface area contributed by atoms with Crippen LogP contribution >= 0.6 is 0 Å². The minimum absolute atomic E-state index is 0.0874. The van der Waals surface area contributed by atoms with E-state index in [1.807, 2.05) is 65.8 Å². The molecule has 7 nitrogen and oxygen atoms in total. The van der Waals surface area contributed by atoms with Gasteiger partial charge in [0.2, 0.25) is 5.91 Å². The van der Waals surface area contributed by atoms with E-state index in [0.717, 1.165) is 27.9 Å². The molecule has 178 valence electrons. The fraction of sp³-hybridized carbons (Fsp3) is 0.250. The number of aromatic nitrogens is 3. The Balaban J connectivity index is 1.34. The Bertz CT molecular complexity index is 1210. The van der Waals surface area contributed by atoms with Crippen molar-refractivity contribution in [1.29, 1.82) is 0 Å². The summed E-state index contributed by atoms with van der Waals surface area (Å²) in [5.74, 6) is 0.0874. The number of nitrogens with zero attached hydrogens (tertiary/aromatic N) is 4. The van der Waals surface area contributed by atoms with E-state index in [1.54, 1.807) is 6.20 Å². The average Bonchev–Trinajstić information content (AvgIpc) is 3.30. The van der Waals surface area contributed by atoms with Crippen molar-refractivity contribution >= 4 is 5.91 Å². The number of carbonyl (C=O) groups is 1. The van der Waals surface area contributed by atoms with Gasteiger partial charge in [-0.1, -0.05) is 66.7 Å². The van der Waals surface area contributed by atoms with Gasteiger partial charge in [0, 0.05) is 44.1 Å². The number of benzene rings is 2. The van der Waals surface area contributed by atoms with E-state index in [-0.39, 0.29) is 12.0 Å². The highest BCUT2D eigenvalue weighted by Gasteiger charge is 2.29. The van der Waals surface area contributed by atoms with Crippen LogP contribution in [0, 0.1) is 0 Å². The second-order valence-corrected chi connectivity index (χ2v) is 8.86. The summed E-state index contributed by atoms with van der Waals surface area (Å²) in [6, 6.07) is 24.2. The van der Waals surface area contributed by atoms with Gasteiger partial charge in [-0.15, -0.1) is 0 Å². The van der Waals surface area contributed by atoms with Gasteiger partial charge in [-0.05, 0) is 22.8 Å². The molecule has 0 bridgehead atoms. The second-order valence-electron chi connectivity index (χ2n) is 8.86. The first-order valence-electron chi connectivity index (χ1n) is 11.9. The number of amides is 1. The van der Waals surface area contributed by atoms with Crippen LogP contribution in [-0.2, 0) is 29.2 Å². The zero-order chi connectivity index (χ0) is 23.9. The van der Waals surface area contributed by atoms with E-state index in [9.17, 15) is 4.79 Å². The maximum absolute atomic E-state index is 13.3. The van der Waals surface area contributed by atoms with Crippen molar-refractivity contribution in [3.8, 4) is 11.3 Å². The van der Waals surface area contributed by atoms with Crippen LogP contribution in [0.3, 0.4) is 0 Å². The Morgan fingerprint density at radius 2 is 1.66 bits per heavy atom. The molecule has 0 spiro atoms. The molecular formula is C28H29N5O2. The molecule has 5 rings (SSSR count). The number of pyridine rings is 1.